The second-order valence-corrected chi connectivity index (χ2v) is 2.26. The van der Waals surface area contributed by atoms with E-state index in [9.17, 15) is 0 Å². The minimum Gasteiger partial charge on any atom is -0.346 e. The maximum atomic E-state index is 4.12. The van der Waals surface area contributed by atoms with E-state index in [0.29, 0.717) is 0 Å². The molecular weight excluding hydrogens is 124 g/mol. The molecule has 0 spiro atoms. The summed E-state index contributed by atoms with van der Waals surface area (Å²) in [5.41, 5.74) is 1.87. The predicted molar refractivity (Wildman–Crippen MR) is 40.6 cm³/mol. The maximum Gasteiger partial charge on any atom is 0.137 e. The van der Waals surface area contributed by atoms with Crippen molar-refractivity contribution in [1.82, 2.24) is 9.97 Å². The van der Waals surface area contributed by atoms with E-state index in [1.54, 1.807) is 6.20 Å². The molecule has 1 N–H and O–H groups in total. The van der Waals surface area contributed by atoms with Crippen LogP contribution in [-0.2, 0) is 0 Å². The number of hydrogen-bond donors (Lipinski definition) is 1. The van der Waals surface area contributed by atoms with Crippen molar-refractivity contribution < 1.29 is 0 Å². The van der Waals surface area contributed by atoms with Crippen molar-refractivity contribution in [2.45, 2.75) is 0 Å². The summed E-state index contributed by atoms with van der Waals surface area (Å²) in [5.74, 6) is 0. The van der Waals surface area contributed by atoms with Crippen molar-refractivity contribution in [1.29, 1.82) is 0 Å². The third kappa shape index (κ3) is 0.692. The SMILES string of the molecule is [CH2]c1cnc2[nH]ccc2c1. The fourth-order valence-electron chi connectivity index (χ4n) is 0.985. The maximum absolute atomic E-state index is 4.12. The highest BCUT2D eigenvalue weighted by atomic mass is 14.8. The molecule has 2 heterocycles. The quantitative estimate of drug-likeness (QED) is 0.579. The van der Waals surface area contributed by atoms with E-state index in [0.717, 1.165) is 16.6 Å². The summed E-state index contributed by atoms with van der Waals surface area (Å²) in [4.78, 5) is 7.13. The van der Waals surface area contributed by atoms with Crippen LogP contribution in [0.5, 0.6) is 0 Å². The molecule has 10 heavy (non-hydrogen) atoms. The fourth-order valence-corrected chi connectivity index (χ4v) is 0.985. The highest BCUT2D eigenvalue weighted by molar-refractivity contribution is 5.75. The summed E-state index contributed by atoms with van der Waals surface area (Å²) in [6.07, 6.45) is 3.62. The van der Waals surface area contributed by atoms with Crippen LogP contribution in [0.25, 0.3) is 11.0 Å². The summed E-state index contributed by atoms with van der Waals surface area (Å²) in [7, 11) is 0. The Morgan fingerprint density at radius 1 is 1.50 bits per heavy atom. The topological polar surface area (TPSA) is 28.7 Å². The van der Waals surface area contributed by atoms with Crippen LogP contribution >= 0.6 is 0 Å². The molecule has 2 aromatic rings. The number of fused-ring (bicyclic) bond motifs is 1. The Morgan fingerprint density at radius 2 is 2.40 bits per heavy atom. The Morgan fingerprint density at radius 3 is 3.30 bits per heavy atom. The monoisotopic (exact) mass is 131 g/mol. The molecule has 0 saturated heterocycles. The molecule has 0 aliphatic rings. The molecule has 49 valence electrons. The summed E-state index contributed by atoms with van der Waals surface area (Å²) in [6, 6.07) is 3.98. The number of aromatic amines is 1. The van der Waals surface area contributed by atoms with E-state index >= 15 is 0 Å². The third-order valence-electron chi connectivity index (χ3n) is 1.46. The number of pyridine rings is 1. The first kappa shape index (κ1) is 5.47. The van der Waals surface area contributed by atoms with Crippen molar-refractivity contribution in [2.75, 3.05) is 0 Å². The second kappa shape index (κ2) is 1.84. The Balaban J connectivity index is 2.86. The van der Waals surface area contributed by atoms with Gasteiger partial charge in [0.2, 0.25) is 0 Å². The van der Waals surface area contributed by atoms with Crippen molar-refractivity contribution in [2.24, 2.45) is 0 Å². The molecule has 0 atom stereocenters. The molecule has 0 amide bonds. The largest absolute Gasteiger partial charge is 0.346 e. The van der Waals surface area contributed by atoms with Gasteiger partial charge in [0.05, 0.1) is 0 Å². The molecular formula is C8H7N2. The van der Waals surface area contributed by atoms with Crippen molar-refractivity contribution in [3.8, 4) is 0 Å². The van der Waals surface area contributed by atoms with Crippen LogP contribution in [0.2, 0.25) is 0 Å². The van der Waals surface area contributed by atoms with Crippen molar-refractivity contribution >= 4 is 11.0 Å². The van der Waals surface area contributed by atoms with Crippen LogP contribution in [0.3, 0.4) is 0 Å². The van der Waals surface area contributed by atoms with Gasteiger partial charge in [0, 0.05) is 17.8 Å². The average Bonchev–Trinajstić information content (AvgIpc) is 2.33. The van der Waals surface area contributed by atoms with Gasteiger partial charge >= 0.3 is 0 Å². The van der Waals surface area contributed by atoms with Crippen LogP contribution in [-0.4, -0.2) is 9.97 Å². The van der Waals surface area contributed by atoms with Crippen LogP contribution in [0.15, 0.2) is 24.5 Å². The van der Waals surface area contributed by atoms with E-state index < -0.39 is 0 Å². The summed E-state index contributed by atoms with van der Waals surface area (Å²) >= 11 is 0. The zero-order chi connectivity index (χ0) is 6.97. The number of H-pyrrole nitrogens is 1. The van der Waals surface area contributed by atoms with Gasteiger partial charge in [0.25, 0.3) is 0 Å². The normalized spacial score (nSPS) is 10.5. The molecule has 1 radical (unpaired) electrons. The van der Waals surface area contributed by atoms with Crippen LogP contribution in [0.4, 0.5) is 0 Å². The molecule has 0 bridgehead atoms. The van der Waals surface area contributed by atoms with Gasteiger partial charge in [-0.15, -0.1) is 0 Å². The molecule has 0 fully saturated rings. The molecule has 0 aromatic carbocycles. The van der Waals surface area contributed by atoms with Gasteiger partial charge in [-0.1, -0.05) is 0 Å². The first-order chi connectivity index (χ1) is 4.86. The fraction of sp³-hybridized carbons (Fsp3) is 0. The Bertz CT molecular complexity index is 349. The van der Waals surface area contributed by atoms with Gasteiger partial charge in [-0.2, -0.15) is 0 Å². The third-order valence-corrected chi connectivity index (χ3v) is 1.46. The Kier molecular flexibility index (Phi) is 1.01. The zero-order valence-corrected chi connectivity index (χ0v) is 5.46. The highest BCUT2D eigenvalue weighted by Crippen LogP contribution is 2.09. The molecule has 2 nitrogen and oxygen atoms in total. The highest BCUT2D eigenvalue weighted by Gasteiger charge is 1.92. The first-order valence-corrected chi connectivity index (χ1v) is 3.11. The van der Waals surface area contributed by atoms with Gasteiger partial charge in [-0.05, 0) is 24.6 Å². The van der Waals surface area contributed by atoms with E-state index in [-0.39, 0.29) is 0 Å². The van der Waals surface area contributed by atoms with Gasteiger partial charge in [0.15, 0.2) is 0 Å². The number of nitrogens with one attached hydrogen (secondary N) is 1. The number of nitrogens with zero attached hydrogens (tertiary/aromatic N) is 1. The van der Waals surface area contributed by atoms with Gasteiger partial charge in [-0.25, -0.2) is 4.98 Å². The lowest BCUT2D eigenvalue weighted by Crippen LogP contribution is -1.76. The number of rotatable bonds is 0. The minimum absolute atomic E-state index is 0.924. The first-order valence-electron chi connectivity index (χ1n) is 3.11. The van der Waals surface area contributed by atoms with E-state index in [1.165, 1.54) is 0 Å². The lowest BCUT2D eigenvalue weighted by Gasteiger charge is -1.89. The zero-order valence-electron chi connectivity index (χ0n) is 5.46. The van der Waals surface area contributed by atoms with Crippen LogP contribution in [0, 0.1) is 6.92 Å². The molecule has 0 aliphatic carbocycles. The van der Waals surface area contributed by atoms with Crippen LogP contribution < -0.4 is 0 Å². The van der Waals surface area contributed by atoms with Gasteiger partial charge in [0.1, 0.15) is 5.65 Å². The summed E-state index contributed by atoms with van der Waals surface area (Å²) < 4.78 is 0. The molecule has 0 aliphatic heterocycles. The minimum atomic E-state index is 0.924. The molecule has 0 unspecified atom stereocenters. The van der Waals surface area contributed by atoms with Gasteiger partial charge in [-0.3, -0.25) is 0 Å². The van der Waals surface area contributed by atoms with Gasteiger partial charge < -0.3 is 4.98 Å². The Labute approximate surface area is 58.9 Å². The number of aromatic nitrogens is 2. The summed E-state index contributed by atoms with van der Waals surface area (Å²) in [5, 5.41) is 1.12. The smallest absolute Gasteiger partial charge is 0.137 e. The van der Waals surface area contributed by atoms with E-state index in [2.05, 4.69) is 16.9 Å². The Hall–Kier alpha value is -1.31. The molecule has 2 heteroatoms. The lowest BCUT2D eigenvalue weighted by molar-refractivity contribution is 1.31. The van der Waals surface area contributed by atoms with Crippen molar-refractivity contribution in [3.05, 3.63) is 37.0 Å². The van der Waals surface area contributed by atoms with E-state index in [1.807, 2.05) is 18.3 Å². The standard InChI is InChI=1S/C8H7N2/c1-6-4-7-2-3-9-8(7)10-5-6/h2-5H,1H2,(H,9,10). The lowest BCUT2D eigenvalue weighted by atomic mass is 10.2. The molecule has 0 saturated carbocycles. The summed E-state index contributed by atoms with van der Waals surface area (Å²) in [6.45, 7) is 3.77. The molecule has 2 aromatic heterocycles. The van der Waals surface area contributed by atoms with E-state index in [4.69, 9.17) is 0 Å². The predicted octanol–water partition coefficient (Wildman–Crippen LogP) is 1.75. The van der Waals surface area contributed by atoms with Crippen molar-refractivity contribution in [3.63, 3.8) is 0 Å². The number of hydrogen-bond acceptors (Lipinski definition) is 1. The van der Waals surface area contributed by atoms with Crippen LogP contribution in [0.1, 0.15) is 5.56 Å². The average molecular weight is 131 g/mol. The molecule has 2 rings (SSSR count). The second-order valence-electron chi connectivity index (χ2n) is 2.26.